The van der Waals surface area contributed by atoms with Crippen LogP contribution in [0.2, 0.25) is 0 Å². The molecule has 0 unspecified atom stereocenters. The van der Waals surface area contributed by atoms with Gasteiger partial charge in [-0.05, 0) is 27.7 Å². The van der Waals surface area contributed by atoms with Crippen molar-refractivity contribution < 1.29 is 4.79 Å². The number of amides is 1. The van der Waals surface area contributed by atoms with Crippen molar-refractivity contribution in [1.29, 1.82) is 0 Å². The highest BCUT2D eigenvalue weighted by Gasteiger charge is 2.19. The SMILES string of the molecule is Cc1n[nH]nc1C(=O)N[C@@H](C)c1c(C)n[nH]c1C. The lowest BCUT2D eigenvalue weighted by Gasteiger charge is -2.13. The summed E-state index contributed by atoms with van der Waals surface area (Å²) in [6, 6.07) is -0.132. The summed E-state index contributed by atoms with van der Waals surface area (Å²) in [7, 11) is 0. The summed E-state index contributed by atoms with van der Waals surface area (Å²) >= 11 is 0. The van der Waals surface area contributed by atoms with Crippen LogP contribution < -0.4 is 5.32 Å². The molecule has 7 nitrogen and oxygen atoms in total. The lowest BCUT2D eigenvalue weighted by molar-refractivity contribution is 0.0934. The second-order valence-electron chi connectivity index (χ2n) is 4.30. The first-order valence-electron chi connectivity index (χ1n) is 5.70. The second kappa shape index (κ2) is 4.59. The summed E-state index contributed by atoms with van der Waals surface area (Å²) in [6.45, 7) is 7.48. The van der Waals surface area contributed by atoms with Gasteiger partial charge in [-0.3, -0.25) is 9.89 Å². The van der Waals surface area contributed by atoms with E-state index in [0.717, 1.165) is 17.0 Å². The Morgan fingerprint density at radius 3 is 2.39 bits per heavy atom. The summed E-state index contributed by atoms with van der Waals surface area (Å²) in [5, 5.41) is 20.0. The molecule has 0 fully saturated rings. The predicted molar refractivity (Wildman–Crippen MR) is 65.1 cm³/mol. The highest BCUT2D eigenvalue weighted by molar-refractivity contribution is 5.93. The Kier molecular flexibility index (Phi) is 3.14. The standard InChI is InChI=1S/C11H16N6O/c1-5(9-6(2)13-14-7(9)3)12-11(18)10-8(4)15-17-16-10/h5H,1-4H3,(H,12,18)(H,13,14)(H,15,16,17)/t5-/m0/s1. The van der Waals surface area contributed by atoms with Gasteiger partial charge in [0.05, 0.1) is 17.4 Å². The van der Waals surface area contributed by atoms with E-state index in [1.807, 2.05) is 20.8 Å². The van der Waals surface area contributed by atoms with Crippen LogP contribution in [0.25, 0.3) is 0 Å². The van der Waals surface area contributed by atoms with Crippen LogP contribution in [0, 0.1) is 20.8 Å². The number of aromatic nitrogens is 5. The Hall–Kier alpha value is -2.18. The molecule has 2 aromatic heterocycles. The van der Waals surface area contributed by atoms with E-state index in [2.05, 4.69) is 30.9 Å². The normalized spacial score (nSPS) is 12.4. The summed E-state index contributed by atoms with van der Waals surface area (Å²) in [4.78, 5) is 12.0. The molecule has 18 heavy (non-hydrogen) atoms. The molecule has 2 rings (SSSR count). The maximum Gasteiger partial charge on any atom is 0.274 e. The first kappa shape index (κ1) is 12.3. The van der Waals surface area contributed by atoms with Gasteiger partial charge in [-0.2, -0.15) is 20.5 Å². The van der Waals surface area contributed by atoms with E-state index < -0.39 is 0 Å². The molecule has 0 aliphatic rings. The largest absolute Gasteiger partial charge is 0.344 e. The average Bonchev–Trinajstić information content (AvgIpc) is 2.85. The Morgan fingerprint density at radius 2 is 1.89 bits per heavy atom. The molecule has 96 valence electrons. The zero-order valence-corrected chi connectivity index (χ0v) is 10.8. The van der Waals surface area contributed by atoms with Crippen molar-refractivity contribution in [2.24, 2.45) is 0 Å². The van der Waals surface area contributed by atoms with Crippen LogP contribution in [0.5, 0.6) is 0 Å². The van der Waals surface area contributed by atoms with Gasteiger partial charge in [0.1, 0.15) is 0 Å². The smallest absolute Gasteiger partial charge is 0.274 e. The summed E-state index contributed by atoms with van der Waals surface area (Å²) in [5.41, 5.74) is 3.75. The zero-order valence-electron chi connectivity index (χ0n) is 10.8. The second-order valence-corrected chi connectivity index (χ2v) is 4.30. The van der Waals surface area contributed by atoms with Crippen molar-refractivity contribution >= 4 is 5.91 Å². The van der Waals surface area contributed by atoms with E-state index in [1.54, 1.807) is 6.92 Å². The quantitative estimate of drug-likeness (QED) is 0.752. The van der Waals surface area contributed by atoms with Crippen LogP contribution in [-0.2, 0) is 0 Å². The van der Waals surface area contributed by atoms with Crippen molar-refractivity contribution in [1.82, 2.24) is 30.9 Å². The van der Waals surface area contributed by atoms with Crippen molar-refractivity contribution in [3.05, 3.63) is 28.3 Å². The van der Waals surface area contributed by atoms with Crippen LogP contribution in [0.3, 0.4) is 0 Å². The first-order valence-corrected chi connectivity index (χ1v) is 5.70. The average molecular weight is 248 g/mol. The van der Waals surface area contributed by atoms with E-state index in [9.17, 15) is 4.79 Å². The number of H-pyrrole nitrogens is 2. The molecule has 0 spiro atoms. The third kappa shape index (κ3) is 2.11. The minimum atomic E-state index is -0.242. The van der Waals surface area contributed by atoms with Gasteiger partial charge in [-0.15, -0.1) is 0 Å². The molecular formula is C11H16N6O. The zero-order chi connectivity index (χ0) is 13.3. The van der Waals surface area contributed by atoms with Gasteiger partial charge >= 0.3 is 0 Å². The number of aromatic amines is 2. The fourth-order valence-corrected chi connectivity index (χ4v) is 2.03. The molecule has 2 heterocycles. The Labute approximate surface area is 104 Å². The maximum atomic E-state index is 12.0. The monoisotopic (exact) mass is 248 g/mol. The predicted octanol–water partition coefficient (Wildman–Crippen LogP) is 0.944. The third-order valence-electron chi connectivity index (χ3n) is 2.90. The van der Waals surface area contributed by atoms with E-state index in [1.165, 1.54) is 0 Å². The van der Waals surface area contributed by atoms with Gasteiger partial charge in [0, 0.05) is 11.3 Å². The number of carbonyl (C=O) groups excluding carboxylic acids is 1. The molecule has 1 atom stereocenters. The molecule has 7 heteroatoms. The maximum absolute atomic E-state index is 12.0. The molecule has 3 N–H and O–H groups in total. The molecular weight excluding hydrogens is 232 g/mol. The number of rotatable bonds is 3. The minimum Gasteiger partial charge on any atom is -0.344 e. The van der Waals surface area contributed by atoms with E-state index >= 15 is 0 Å². The molecule has 1 amide bonds. The fourth-order valence-electron chi connectivity index (χ4n) is 2.03. The van der Waals surface area contributed by atoms with Crippen LogP contribution in [0.1, 0.15) is 46.1 Å². The number of hydrogen-bond donors (Lipinski definition) is 3. The number of hydrogen-bond acceptors (Lipinski definition) is 4. The Bertz CT molecular complexity index is 550. The summed E-state index contributed by atoms with van der Waals surface area (Å²) in [5.74, 6) is -0.242. The number of nitrogens with one attached hydrogen (secondary N) is 3. The number of aryl methyl sites for hydroxylation is 3. The Morgan fingerprint density at radius 1 is 1.17 bits per heavy atom. The number of carbonyl (C=O) groups is 1. The summed E-state index contributed by atoms with van der Waals surface area (Å²) < 4.78 is 0. The van der Waals surface area contributed by atoms with Crippen LogP contribution >= 0.6 is 0 Å². The number of nitrogens with zero attached hydrogens (tertiary/aromatic N) is 3. The molecule has 0 bridgehead atoms. The van der Waals surface area contributed by atoms with E-state index in [4.69, 9.17) is 0 Å². The van der Waals surface area contributed by atoms with E-state index in [-0.39, 0.29) is 11.9 Å². The highest BCUT2D eigenvalue weighted by atomic mass is 16.2. The molecule has 0 saturated carbocycles. The molecule has 0 radical (unpaired) electrons. The van der Waals surface area contributed by atoms with Gasteiger partial charge in [0.25, 0.3) is 5.91 Å². The van der Waals surface area contributed by atoms with E-state index in [0.29, 0.717) is 11.4 Å². The fraction of sp³-hybridized carbons (Fsp3) is 0.455. The molecule has 0 aromatic carbocycles. The topological polar surface area (TPSA) is 99.3 Å². The molecule has 0 aliphatic heterocycles. The first-order chi connectivity index (χ1) is 8.50. The Balaban J connectivity index is 2.16. The van der Waals surface area contributed by atoms with Crippen molar-refractivity contribution in [3.63, 3.8) is 0 Å². The molecule has 0 saturated heterocycles. The minimum absolute atomic E-state index is 0.132. The van der Waals surface area contributed by atoms with Crippen molar-refractivity contribution in [2.45, 2.75) is 33.7 Å². The van der Waals surface area contributed by atoms with Crippen molar-refractivity contribution in [2.75, 3.05) is 0 Å². The van der Waals surface area contributed by atoms with Crippen LogP contribution in [0.4, 0.5) is 0 Å². The van der Waals surface area contributed by atoms with Gasteiger partial charge < -0.3 is 5.32 Å². The lowest BCUT2D eigenvalue weighted by Crippen LogP contribution is -2.28. The lowest BCUT2D eigenvalue weighted by atomic mass is 10.1. The van der Waals surface area contributed by atoms with Gasteiger partial charge in [0.2, 0.25) is 0 Å². The van der Waals surface area contributed by atoms with Gasteiger partial charge in [-0.25, -0.2) is 0 Å². The van der Waals surface area contributed by atoms with Gasteiger partial charge in [0.15, 0.2) is 5.69 Å². The third-order valence-corrected chi connectivity index (χ3v) is 2.90. The van der Waals surface area contributed by atoms with Gasteiger partial charge in [-0.1, -0.05) is 0 Å². The molecule has 0 aliphatic carbocycles. The highest BCUT2D eigenvalue weighted by Crippen LogP contribution is 2.19. The van der Waals surface area contributed by atoms with Crippen LogP contribution in [0.15, 0.2) is 0 Å². The van der Waals surface area contributed by atoms with Crippen LogP contribution in [-0.4, -0.2) is 31.5 Å². The summed E-state index contributed by atoms with van der Waals surface area (Å²) in [6.07, 6.45) is 0. The molecule has 2 aromatic rings. The van der Waals surface area contributed by atoms with Crippen molar-refractivity contribution in [3.8, 4) is 0 Å².